The van der Waals surface area contributed by atoms with Gasteiger partial charge >= 0.3 is 0 Å². The number of nitrogens with one attached hydrogen (secondary N) is 2. The first-order chi connectivity index (χ1) is 7.96. The van der Waals surface area contributed by atoms with Crippen LogP contribution in [-0.2, 0) is 4.74 Å². The lowest BCUT2D eigenvalue weighted by atomic mass is 10.1. The molecule has 0 aliphatic carbocycles. The van der Waals surface area contributed by atoms with Crippen molar-refractivity contribution in [2.45, 2.75) is 33.3 Å². The number of hydrogen-bond acceptors (Lipinski definition) is 5. The Bertz CT molecular complexity index is 366. The van der Waals surface area contributed by atoms with E-state index in [4.69, 9.17) is 4.74 Å². The van der Waals surface area contributed by atoms with Crippen molar-refractivity contribution in [3.8, 4) is 0 Å². The molecule has 0 aromatic carbocycles. The highest BCUT2D eigenvalue weighted by atomic mass is 16.5. The van der Waals surface area contributed by atoms with Gasteiger partial charge in [-0.3, -0.25) is 0 Å². The molecule has 17 heavy (non-hydrogen) atoms. The van der Waals surface area contributed by atoms with Crippen LogP contribution in [0.15, 0.2) is 6.07 Å². The highest BCUT2D eigenvalue weighted by Crippen LogP contribution is 2.13. The van der Waals surface area contributed by atoms with Crippen LogP contribution in [0.25, 0.3) is 0 Å². The summed E-state index contributed by atoms with van der Waals surface area (Å²) in [5, 5.41) is 6.44. The highest BCUT2D eigenvalue weighted by Gasteiger charge is 2.16. The Morgan fingerprint density at radius 1 is 1.24 bits per heavy atom. The van der Waals surface area contributed by atoms with E-state index in [1.54, 1.807) is 7.11 Å². The minimum absolute atomic E-state index is 0.211. The van der Waals surface area contributed by atoms with Crippen molar-refractivity contribution in [2.24, 2.45) is 0 Å². The number of methoxy groups -OCH3 is 1. The van der Waals surface area contributed by atoms with Gasteiger partial charge in [-0.2, -0.15) is 0 Å². The van der Waals surface area contributed by atoms with Gasteiger partial charge < -0.3 is 15.4 Å². The Labute approximate surface area is 103 Å². The number of anilines is 2. The largest absolute Gasteiger partial charge is 0.377 e. The van der Waals surface area contributed by atoms with E-state index < -0.39 is 0 Å². The molecule has 1 aromatic heterocycles. The van der Waals surface area contributed by atoms with E-state index in [9.17, 15) is 0 Å². The molecule has 0 spiro atoms. The highest BCUT2D eigenvalue weighted by molar-refractivity contribution is 5.47. The molecule has 1 rings (SSSR count). The Morgan fingerprint density at radius 3 is 2.35 bits per heavy atom. The first-order valence-corrected chi connectivity index (χ1v) is 5.85. The normalized spacial score (nSPS) is 11.4. The summed E-state index contributed by atoms with van der Waals surface area (Å²) in [5.74, 6) is 2.41. The number of aryl methyl sites for hydroxylation is 1. The zero-order valence-electron chi connectivity index (χ0n) is 11.3. The summed E-state index contributed by atoms with van der Waals surface area (Å²) in [6.45, 7) is 9.52. The summed E-state index contributed by atoms with van der Waals surface area (Å²) in [6, 6.07) is 1.90. The van der Waals surface area contributed by atoms with Crippen molar-refractivity contribution in [3.05, 3.63) is 11.9 Å². The Balaban J connectivity index is 2.70. The first-order valence-electron chi connectivity index (χ1n) is 5.85. The molecule has 5 heteroatoms. The number of nitrogens with zero attached hydrogens (tertiary/aromatic N) is 2. The maximum absolute atomic E-state index is 5.35. The minimum atomic E-state index is -0.211. The standard InChI is InChI=1S/C12H22N4O/c1-6-13-10-7-11(16-9(2)15-10)14-8-12(3,4)17-5/h7H,6,8H2,1-5H3,(H2,13,14,15,16). The van der Waals surface area contributed by atoms with Crippen molar-refractivity contribution < 1.29 is 4.74 Å². The number of hydrogen-bond donors (Lipinski definition) is 2. The van der Waals surface area contributed by atoms with Crippen LogP contribution in [0.1, 0.15) is 26.6 Å². The number of aromatic nitrogens is 2. The molecule has 2 N–H and O–H groups in total. The van der Waals surface area contributed by atoms with Gasteiger partial charge in [-0.05, 0) is 27.7 Å². The molecule has 0 atom stereocenters. The lowest BCUT2D eigenvalue weighted by molar-refractivity contribution is 0.0343. The maximum atomic E-state index is 5.35. The first kappa shape index (κ1) is 13.7. The summed E-state index contributed by atoms with van der Waals surface area (Å²) in [7, 11) is 1.71. The topological polar surface area (TPSA) is 59.1 Å². The van der Waals surface area contributed by atoms with E-state index in [1.807, 2.05) is 33.8 Å². The summed E-state index contributed by atoms with van der Waals surface area (Å²) >= 11 is 0. The SMILES string of the molecule is CCNc1cc(NCC(C)(C)OC)nc(C)n1. The molecule has 0 radical (unpaired) electrons. The summed E-state index contributed by atoms with van der Waals surface area (Å²) in [4.78, 5) is 8.63. The smallest absolute Gasteiger partial charge is 0.131 e. The van der Waals surface area contributed by atoms with Crippen LogP contribution >= 0.6 is 0 Å². The van der Waals surface area contributed by atoms with Gasteiger partial charge in [0.25, 0.3) is 0 Å². The molecule has 0 aliphatic heterocycles. The lowest BCUT2D eigenvalue weighted by Crippen LogP contribution is -2.32. The van der Waals surface area contributed by atoms with Crippen LogP contribution in [0.2, 0.25) is 0 Å². The lowest BCUT2D eigenvalue weighted by Gasteiger charge is -2.23. The monoisotopic (exact) mass is 238 g/mol. The van der Waals surface area contributed by atoms with E-state index in [2.05, 4.69) is 20.6 Å². The predicted octanol–water partition coefficient (Wildman–Crippen LogP) is 2.05. The van der Waals surface area contributed by atoms with Gasteiger partial charge in [-0.15, -0.1) is 0 Å². The van der Waals surface area contributed by atoms with Crippen molar-refractivity contribution in [1.82, 2.24) is 9.97 Å². The van der Waals surface area contributed by atoms with Gasteiger partial charge in [0.2, 0.25) is 0 Å². The van der Waals surface area contributed by atoms with Crippen molar-refractivity contribution >= 4 is 11.6 Å². The molecule has 0 fully saturated rings. The van der Waals surface area contributed by atoms with Crippen molar-refractivity contribution in [1.29, 1.82) is 0 Å². The summed E-state index contributed by atoms with van der Waals surface area (Å²) < 4.78 is 5.35. The molecular formula is C12H22N4O. The quantitative estimate of drug-likeness (QED) is 0.794. The number of ether oxygens (including phenoxy) is 1. The van der Waals surface area contributed by atoms with Crippen LogP contribution in [-0.4, -0.2) is 35.8 Å². The van der Waals surface area contributed by atoms with Gasteiger partial charge in [0.15, 0.2) is 0 Å². The van der Waals surface area contributed by atoms with Crippen LogP contribution < -0.4 is 10.6 Å². The Hall–Kier alpha value is -1.36. The second-order valence-corrected chi connectivity index (χ2v) is 4.53. The fourth-order valence-electron chi connectivity index (χ4n) is 1.31. The second kappa shape index (κ2) is 5.82. The molecule has 0 unspecified atom stereocenters. The molecule has 5 nitrogen and oxygen atoms in total. The van der Waals surface area contributed by atoms with Gasteiger partial charge in [-0.1, -0.05) is 0 Å². The van der Waals surface area contributed by atoms with E-state index in [0.29, 0.717) is 6.54 Å². The van der Waals surface area contributed by atoms with Gasteiger partial charge in [0, 0.05) is 26.3 Å². The molecule has 1 aromatic rings. The van der Waals surface area contributed by atoms with Gasteiger partial charge in [-0.25, -0.2) is 9.97 Å². The van der Waals surface area contributed by atoms with Crippen molar-refractivity contribution in [2.75, 3.05) is 30.8 Å². The summed E-state index contributed by atoms with van der Waals surface area (Å²) in [6.07, 6.45) is 0. The maximum Gasteiger partial charge on any atom is 0.131 e. The molecule has 1 heterocycles. The fraction of sp³-hybridized carbons (Fsp3) is 0.667. The van der Waals surface area contributed by atoms with Gasteiger partial charge in [0.1, 0.15) is 17.5 Å². The molecular weight excluding hydrogens is 216 g/mol. The number of rotatable bonds is 6. The molecule has 0 bridgehead atoms. The van der Waals surface area contributed by atoms with Crippen molar-refractivity contribution in [3.63, 3.8) is 0 Å². The second-order valence-electron chi connectivity index (χ2n) is 4.53. The van der Waals surface area contributed by atoms with E-state index >= 15 is 0 Å². The third-order valence-electron chi connectivity index (χ3n) is 2.44. The fourth-order valence-corrected chi connectivity index (χ4v) is 1.31. The molecule has 0 aliphatic rings. The third kappa shape index (κ3) is 4.56. The average molecular weight is 238 g/mol. The van der Waals surface area contributed by atoms with Crippen LogP contribution in [0, 0.1) is 6.92 Å². The average Bonchev–Trinajstić information content (AvgIpc) is 2.26. The molecule has 0 amide bonds. The molecule has 96 valence electrons. The minimum Gasteiger partial charge on any atom is -0.377 e. The molecule has 0 saturated carbocycles. The van der Waals surface area contributed by atoms with Crippen LogP contribution in [0.4, 0.5) is 11.6 Å². The predicted molar refractivity (Wildman–Crippen MR) is 70.5 cm³/mol. The summed E-state index contributed by atoms with van der Waals surface area (Å²) in [5.41, 5.74) is -0.211. The zero-order chi connectivity index (χ0) is 12.9. The van der Waals surface area contributed by atoms with Crippen LogP contribution in [0.5, 0.6) is 0 Å². The Morgan fingerprint density at radius 2 is 1.82 bits per heavy atom. The van der Waals surface area contributed by atoms with E-state index in [-0.39, 0.29) is 5.60 Å². The van der Waals surface area contributed by atoms with Gasteiger partial charge in [0.05, 0.1) is 5.60 Å². The Kier molecular flexibility index (Phi) is 4.69. The van der Waals surface area contributed by atoms with Crippen LogP contribution in [0.3, 0.4) is 0 Å². The molecule has 0 saturated heterocycles. The zero-order valence-corrected chi connectivity index (χ0v) is 11.3. The van der Waals surface area contributed by atoms with E-state index in [0.717, 1.165) is 24.0 Å². The van der Waals surface area contributed by atoms with E-state index in [1.165, 1.54) is 0 Å². The third-order valence-corrected chi connectivity index (χ3v) is 2.44.